The molecule has 0 spiro atoms. The van der Waals surface area contributed by atoms with Crippen LogP contribution < -0.4 is 4.72 Å². The van der Waals surface area contributed by atoms with Crippen molar-refractivity contribution >= 4 is 50.2 Å². The number of hydrogen-bond donors (Lipinski definition) is 1. The molecule has 0 saturated carbocycles. The number of thiazole rings is 1. The Morgan fingerprint density at radius 3 is 2.37 bits per heavy atom. The first-order valence-corrected chi connectivity index (χ1v) is 8.14. The lowest BCUT2D eigenvalue weighted by Crippen LogP contribution is -2.14. The highest BCUT2D eigenvalue weighted by Crippen LogP contribution is 2.29. The smallest absolute Gasteiger partial charge is 0.273 e. The molecule has 2 aromatic heterocycles. The molecule has 2 aromatic rings. The number of sulfonamides is 1. The molecule has 2 heterocycles. The third kappa shape index (κ3) is 3.17. The van der Waals surface area contributed by atoms with Crippen molar-refractivity contribution in [1.29, 1.82) is 0 Å². The van der Waals surface area contributed by atoms with Gasteiger partial charge in [0.25, 0.3) is 10.0 Å². The second kappa shape index (κ2) is 5.24. The van der Waals surface area contributed by atoms with E-state index < -0.39 is 10.0 Å². The van der Waals surface area contributed by atoms with E-state index in [0.717, 1.165) is 11.3 Å². The molecule has 0 aliphatic rings. The quantitative estimate of drug-likeness (QED) is 0.872. The summed E-state index contributed by atoms with van der Waals surface area (Å²) in [7, 11) is -3.72. The van der Waals surface area contributed by atoms with E-state index in [9.17, 15) is 8.42 Å². The van der Waals surface area contributed by atoms with Crippen LogP contribution in [0.25, 0.3) is 0 Å². The first-order chi connectivity index (χ1) is 8.79. The first-order valence-electron chi connectivity index (χ1n) is 5.08. The number of hydrogen-bond acceptors (Lipinski definition) is 5. The van der Waals surface area contributed by atoms with Crippen LogP contribution in [0.5, 0.6) is 0 Å². The molecule has 0 aromatic carbocycles. The van der Waals surface area contributed by atoms with Crippen LogP contribution in [-0.4, -0.2) is 18.4 Å². The molecule has 0 saturated heterocycles. The van der Waals surface area contributed by atoms with E-state index in [-0.39, 0.29) is 8.68 Å². The minimum absolute atomic E-state index is 0.0897. The summed E-state index contributed by atoms with van der Waals surface area (Å²) in [6.07, 6.45) is 0. The van der Waals surface area contributed by atoms with Gasteiger partial charge in [-0.15, -0.1) is 0 Å². The number of pyridine rings is 1. The zero-order valence-corrected chi connectivity index (χ0v) is 13.1. The van der Waals surface area contributed by atoms with Gasteiger partial charge in [-0.2, -0.15) is 0 Å². The number of aromatic nitrogens is 2. The lowest BCUT2D eigenvalue weighted by Gasteiger charge is -2.09. The van der Waals surface area contributed by atoms with Gasteiger partial charge in [0, 0.05) is 0 Å². The van der Waals surface area contributed by atoms with Crippen molar-refractivity contribution in [3.05, 3.63) is 33.1 Å². The minimum atomic E-state index is -3.72. The van der Waals surface area contributed by atoms with Crippen molar-refractivity contribution in [2.24, 2.45) is 0 Å². The Balaban J connectivity index is 2.39. The van der Waals surface area contributed by atoms with Crippen LogP contribution in [0.15, 0.2) is 16.3 Å². The summed E-state index contributed by atoms with van der Waals surface area (Å²) in [4.78, 5) is 7.86. The van der Waals surface area contributed by atoms with Crippen LogP contribution in [0, 0.1) is 13.8 Å². The van der Waals surface area contributed by atoms with E-state index in [1.54, 1.807) is 19.9 Å². The van der Waals surface area contributed by atoms with Crippen molar-refractivity contribution in [2.45, 2.75) is 18.1 Å². The molecule has 0 aliphatic carbocycles. The standard InChI is InChI=1S/C10H9Cl2N3O2S2/c1-5-7(3-4-8(11)13-5)15-19(16,17)9-6(2)14-10(12)18-9/h3-4,15H,1-2H3. The minimum Gasteiger partial charge on any atom is -0.277 e. The van der Waals surface area contributed by atoms with Gasteiger partial charge in [0.15, 0.2) is 8.68 Å². The van der Waals surface area contributed by atoms with Crippen LogP contribution in [0.1, 0.15) is 11.4 Å². The summed E-state index contributed by atoms with van der Waals surface area (Å²) >= 11 is 12.3. The average Bonchev–Trinajstić information content (AvgIpc) is 2.63. The zero-order chi connectivity index (χ0) is 14.2. The molecular formula is C10H9Cl2N3O2S2. The number of rotatable bonds is 3. The second-order valence-electron chi connectivity index (χ2n) is 3.71. The topological polar surface area (TPSA) is 72.0 Å². The van der Waals surface area contributed by atoms with Gasteiger partial charge in [0.1, 0.15) is 5.15 Å². The number of halogens is 2. The Morgan fingerprint density at radius 1 is 1.16 bits per heavy atom. The molecule has 0 fully saturated rings. The van der Waals surface area contributed by atoms with Crippen molar-refractivity contribution in [2.75, 3.05) is 4.72 Å². The summed E-state index contributed by atoms with van der Waals surface area (Å²) in [6.45, 7) is 3.25. The number of aryl methyl sites for hydroxylation is 2. The van der Waals surface area contributed by atoms with Gasteiger partial charge in [-0.3, -0.25) is 4.72 Å². The van der Waals surface area contributed by atoms with Gasteiger partial charge < -0.3 is 0 Å². The lowest BCUT2D eigenvalue weighted by atomic mass is 10.3. The predicted molar refractivity (Wildman–Crippen MR) is 76.7 cm³/mol. The molecule has 0 bridgehead atoms. The molecule has 1 N–H and O–H groups in total. The van der Waals surface area contributed by atoms with Gasteiger partial charge >= 0.3 is 0 Å². The van der Waals surface area contributed by atoms with E-state index >= 15 is 0 Å². The van der Waals surface area contributed by atoms with E-state index in [1.807, 2.05) is 0 Å². The van der Waals surface area contributed by atoms with Crippen molar-refractivity contribution in [1.82, 2.24) is 9.97 Å². The molecule has 5 nitrogen and oxygen atoms in total. The molecule has 2 rings (SSSR count). The lowest BCUT2D eigenvalue weighted by molar-refractivity contribution is 0.602. The molecular weight excluding hydrogens is 329 g/mol. The largest absolute Gasteiger partial charge is 0.277 e. The molecule has 102 valence electrons. The van der Waals surface area contributed by atoms with E-state index in [2.05, 4.69) is 14.7 Å². The fourth-order valence-corrected chi connectivity index (χ4v) is 4.48. The molecule has 0 atom stereocenters. The van der Waals surface area contributed by atoms with Crippen molar-refractivity contribution in [3.63, 3.8) is 0 Å². The van der Waals surface area contributed by atoms with Gasteiger partial charge in [-0.05, 0) is 26.0 Å². The van der Waals surface area contributed by atoms with Crippen molar-refractivity contribution < 1.29 is 8.42 Å². The van der Waals surface area contributed by atoms with Gasteiger partial charge in [0.2, 0.25) is 0 Å². The Hall–Kier alpha value is -0.890. The number of anilines is 1. The van der Waals surface area contributed by atoms with E-state index in [0.29, 0.717) is 22.2 Å². The Morgan fingerprint density at radius 2 is 1.84 bits per heavy atom. The van der Waals surface area contributed by atoms with Crippen LogP contribution >= 0.6 is 34.5 Å². The molecule has 0 amide bonds. The van der Waals surface area contributed by atoms with Crippen LogP contribution in [0.2, 0.25) is 9.62 Å². The van der Waals surface area contributed by atoms with Crippen LogP contribution in [0.3, 0.4) is 0 Å². The molecule has 0 radical (unpaired) electrons. The molecule has 0 aliphatic heterocycles. The fourth-order valence-electron chi connectivity index (χ4n) is 1.43. The van der Waals surface area contributed by atoms with E-state index in [1.165, 1.54) is 6.07 Å². The van der Waals surface area contributed by atoms with Crippen LogP contribution in [-0.2, 0) is 10.0 Å². The summed E-state index contributed by atoms with van der Waals surface area (Å²) in [5.41, 5.74) is 1.22. The average molecular weight is 338 g/mol. The Labute approximate surface area is 124 Å². The molecule has 9 heteroatoms. The fraction of sp³-hybridized carbons (Fsp3) is 0.200. The van der Waals surface area contributed by atoms with Gasteiger partial charge in [-0.1, -0.05) is 34.5 Å². The number of nitrogens with one attached hydrogen (secondary N) is 1. The summed E-state index contributed by atoms with van der Waals surface area (Å²) in [6, 6.07) is 3.07. The third-order valence-corrected chi connectivity index (χ3v) is 5.72. The van der Waals surface area contributed by atoms with E-state index in [4.69, 9.17) is 23.2 Å². The first kappa shape index (κ1) is 14.5. The highest BCUT2D eigenvalue weighted by molar-refractivity contribution is 7.94. The zero-order valence-electron chi connectivity index (χ0n) is 9.94. The third-order valence-electron chi connectivity index (χ3n) is 2.27. The highest BCUT2D eigenvalue weighted by atomic mass is 35.5. The summed E-state index contributed by atoms with van der Waals surface area (Å²) in [5, 5.41) is 0.303. The Kier molecular flexibility index (Phi) is 4.00. The van der Waals surface area contributed by atoms with Gasteiger partial charge in [-0.25, -0.2) is 18.4 Å². The summed E-state index contributed by atoms with van der Waals surface area (Å²) in [5.74, 6) is 0. The summed E-state index contributed by atoms with van der Waals surface area (Å²) < 4.78 is 27.1. The molecule has 0 unspecified atom stereocenters. The van der Waals surface area contributed by atoms with Gasteiger partial charge in [0.05, 0.1) is 17.1 Å². The SMILES string of the molecule is Cc1nc(Cl)ccc1NS(=O)(=O)c1sc(Cl)nc1C. The second-order valence-corrected chi connectivity index (χ2v) is 7.56. The molecule has 19 heavy (non-hydrogen) atoms. The Bertz CT molecular complexity index is 728. The predicted octanol–water partition coefficient (Wildman–Crippen LogP) is 3.26. The number of nitrogens with zero attached hydrogens (tertiary/aromatic N) is 2. The maximum absolute atomic E-state index is 12.2. The monoisotopic (exact) mass is 337 g/mol. The van der Waals surface area contributed by atoms with Crippen LogP contribution in [0.4, 0.5) is 5.69 Å². The maximum atomic E-state index is 12.2. The highest BCUT2D eigenvalue weighted by Gasteiger charge is 2.22. The van der Waals surface area contributed by atoms with Crippen molar-refractivity contribution in [3.8, 4) is 0 Å². The maximum Gasteiger partial charge on any atom is 0.273 e. The normalized spacial score (nSPS) is 11.6.